The lowest BCUT2D eigenvalue weighted by atomic mass is 10.1. The van der Waals surface area contributed by atoms with E-state index < -0.39 is 10.0 Å². The zero-order valence-corrected chi connectivity index (χ0v) is 16.6. The Labute approximate surface area is 161 Å². The number of carbonyl (C=O) groups excluding carboxylic acids is 1. The number of para-hydroxylation sites is 1. The van der Waals surface area contributed by atoms with E-state index in [0.717, 1.165) is 24.8 Å². The van der Waals surface area contributed by atoms with Gasteiger partial charge in [-0.1, -0.05) is 38.0 Å². The van der Waals surface area contributed by atoms with Crippen LogP contribution in [0.3, 0.4) is 0 Å². The van der Waals surface area contributed by atoms with Crippen LogP contribution in [0.15, 0.2) is 53.4 Å². The van der Waals surface area contributed by atoms with E-state index in [0.29, 0.717) is 17.8 Å². The summed E-state index contributed by atoms with van der Waals surface area (Å²) in [5.41, 5.74) is 7.47. The van der Waals surface area contributed by atoms with Crippen LogP contribution in [0.5, 0.6) is 0 Å². The maximum atomic E-state index is 12.5. The van der Waals surface area contributed by atoms with Crippen LogP contribution >= 0.6 is 0 Å². The van der Waals surface area contributed by atoms with Crippen molar-refractivity contribution in [3.63, 3.8) is 0 Å². The van der Waals surface area contributed by atoms with Crippen LogP contribution in [0.1, 0.15) is 42.1 Å². The smallest absolute Gasteiger partial charge is 0.261 e. The van der Waals surface area contributed by atoms with Crippen molar-refractivity contribution in [1.82, 2.24) is 5.32 Å². The summed E-state index contributed by atoms with van der Waals surface area (Å²) in [6.45, 7) is 4.29. The van der Waals surface area contributed by atoms with E-state index in [2.05, 4.69) is 17.0 Å². The maximum Gasteiger partial charge on any atom is 0.261 e. The number of benzene rings is 2. The Kier molecular flexibility index (Phi) is 7.38. The summed E-state index contributed by atoms with van der Waals surface area (Å²) in [7, 11) is -3.72. The van der Waals surface area contributed by atoms with Crippen molar-refractivity contribution in [1.29, 1.82) is 0 Å². The molecule has 0 aliphatic carbocycles. The monoisotopic (exact) mass is 389 g/mol. The van der Waals surface area contributed by atoms with E-state index in [1.54, 1.807) is 12.1 Å². The standard InChI is InChI=1S/C20H27N3O3S/c1-3-4-8-17(14-21)22-20(24)16-10-12-18(13-11-16)27(25,26)23-19-9-6-5-7-15(19)2/h5-7,9-13,17,23H,3-4,8,14,21H2,1-2H3,(H,22,24). The van der Waals surface area contributed by atoms with Crippen LogP contribution in [-0.2, 0) is 10.0 Å². The summed E-state index contributed by atoms with van der Waals surface area (Å²) in [6.07, 6.45) is 2.85. The molecular weight excluding hydrogens is 362 g/mol. The molecular formula is C20H27N3O3S. The highest BCUT2D eigenvalue weighted by Gasteiger charge is 2.17. The molecule has 0 aromatic heterocycles. The van der Waals surface area contributed by atoms with Gasteiger partial charge in [-0.15, -0.1) is 0 Å². The lowest BCUT2D eigenvalue weighted by Crippen LogP contribution is -2.40. The number of unbranched alkanes of at least 4 members (excludes halogenated alkanes) is 1. The van der Waals surface area contributed by atoms with Gasteiger partial charge >= 0.3 is 0 Å². The first-order valence-corrected chi connectivity index (χ1v) is 10.5. The Bertz CT molecular complexity index is 864. The molecule has 0 saturated heterocycles. The molecule has 2 rings (SSSR count). The number of aryl methyl sites for hydroxylation is 1. The highest BCUT2D eigenvalue weighted by atomic mass is 32.2. The van der Waals surface area contributed by atoms with Crippen LogP contribution < -0.4 is 15.8 Å². The Morgan fingerprint density at radius 1 is 1.11 bits per heavy atom. The van der Waals surface area contributed by atoms with Crippen molar-refractivity contribution < 1.29 is 13.2 Å². The molecule has 0 spiro atoms. The first-order valence-electron chi connectivity index (χ1n) is 9.06. The predicted octanol–water partition coefficient (Wildman–Crippen LogP) is 3.04. The maximum absolute atomic E-state index is 12.5. The molecule has 0 saturated carbocycles. The average Bonchev–Trinajstić information content (AvgIpc) is 2.66. The number of sulfonamides is 1. The van der Waals surface area contributed by atoms with Gasteiger partial charge in [0.2, 0.25) is 0 Å². The molecule has 4 N–H and O–H groups in total. The Balaban J connectivity index is 2.09. The lowest BCUT2D eigenvalue weighted by molar-refractivity contribution is 0.0935. The molecule has 6 nitrogen and oxygen atoms in total. The van der Waals surface area contributed by atoms with Crippen LogP contribution in [-0.4, -0.2) is 26.9 Å². The first-order chi connectivity index (χ1) is 12.9. The van der Waals surface area contributed by atoms with Gasteiger partial charge in [-0.25, -0.2) is 8.42 Å². The summed E-state index contributed by atoms with van der Waals surface area (Å²) in [5, 5.41) is 2.89. The molecule has 0 fully saturated rings. The van der Waals surface area contributed by atoms with E-state index in [1.807, 2.05) is 19.1 Å². The van der Waals surface area contributed by atoms with Gasteiger partial charge in [0.1, 0.15) is 0 Å². The minimum Gasteiger partial charge on any atom is -0.348 e. The van der Waals surface area contributed by atoms with Gasteiger partial charge in [0.05, 0.1) is 10.6 Å². The van der Waals surface area contributed by atoms with Crippen molar-refractivity contribution in [2.24, 2.45) is 5.73 Å². The number of hydrogen-bond donors (Lipinski definition) is 3. The summed E-state index contributed by atoms with van der Waals surface area (Å²) < 4.78 is 27.7. The normalized spacial score (nSPS) is 12.4. The number of hydrogen-bond acceptors (Lipinski definition) is 4. The summed E-state index contributed by atoms with van der Waals surface area (Å²) >= 11 is 0. The first kappa shape index (κ1) is 20.9. The van der Waals surface area contributed by atoms with Crippen LogP contribution in [0.4, 0.5) is 5.69 Å². The van der Waals surface area contributed by atoms with Crippen molar-refractivity contribution >= 4 is 21.6 Å². The average molecular weight is 390 g/mol. The van der Waals surface area contributed by atoms with Gasteiger partial charge in [-0.2, -0.15) is 0 Å². The lowest BCUT2D eigenvalue weighted by Gasteiger charge is -2.16. The fourth-order valence-electron chi connectivity index (χ4n) is 2.64. The van der Waals surface area contributed by atoms with Gasteiger partial charge in [0, 0.05) is 18.2 Å². The van der Waals surface area contributed by atoms with Gasteiger partial charge in [-0.3, -0.25) is 9.52 Å². The number of rotatable bonds is 9. The molecule has 0 heterocycles. The van der Waals surface area contributed by atoms with E-state index >= 15 is 0 Å². The Hall–Kier alpha value is -2.38. The molecule has 146 valence electrons. The van der Waals surface area contributed by atoms with Gasteiger partial charge < -0.3 is 11.1 Å². The molecule has 1 atom stereocenters. The van der Waals surface area contributed by atoms with Crippen LogP contribution in [0, 0.1) is 6.92 Å². The summed E-state index contributed by atoms with van der Waals surface area (Å²) in [6, 6.07) is 12.9. The van der Waals surface area contributed by atoms with Crippen molar-refractivity contribution in [3.8, 4) is 0 Å². The highest BCUT2D eigenvalue weighted by Crippen LogP contribution is 2.19. The second-order valence-corrected chi connectivity index (χ2v) is 8.18. The summed E-state index contributed by atoms with van der Waals surface area (Å²) in [5.74, 6) is -0.252. The zero-order valence-electron chi connectivity index (χ0n) is 15.7. The third-order valence-corrected chi connectivity index (χ3v) is 5.72. The van der Waals surface area contributed by atoms with Gasteiger partial charge in [0.15, 0.2) is 0 Å². The van der Waals surface area contributed by atoms with Crippen molar-refractivity contribution in [3.05, 3.63) is 59.7 Å². The quantitative estimate of drug-likeness (QED) is 0.613. The molecule has 0 aliphatic heterocycles. The van der Waals surface area contributed by atoms with E-state index in [9.17, 15) is 13.2 Å². The molecule has 2 aromatic carbocycles. The minimum absolute atomic E-state index is 0.0800. The van der Waals surface area contributed by atoms with Gasteiger partial charge in [-0.05, 0) is 49.2 Å². The second-order valence-electron chi connectivity index (χ2n) is 6.49. The molecule has 0 bridgehead atoms. The third-order valence-electron chi connectivity index (χ3n) is 4.34. The number of anilines is 1. The molecule has 7 heteroatoms. The Morgan fingerprint density at radius 3 is 2.37 bits per heavy atom. The fourth-order valence-corrected chi connectivity index (χ4v) is 3.78. The number of amides is 1. The topological polar surface area (TPSA) is 101 Å². The number of carbonyl (C=O) groups is 1. The third kappa shape index (κ3) is 5.80. The SMILES string of the molecule is CCCCC(CN)NC(=O)c1ccc(S(=O)(=O)Nc2ccccc2C)cc1. The molecule has 1 amide bonds. The van der Waals surface area contributed by atoms with Crippen LogP contribution in [0.2, 0.25) is 0 Å². The van der Waals surface area contributed by atoms with Crippen molar-refractivity contribution in [2.75, 3.05) is 11.3 Å². The fraction of sp³-hybridized carbons (Fsp3) is 0.350. The van der Waals surface area contributed by atoms with Crippen LogP contribution in [0.25, 0.3) is 0 Å². The van der Waals surface area contributed by atoms with Gasteiger partial charge in [0.25, 0.3) is 15.9 Å². The molecule has 2 aromatic rings. The predicted molar refractivity (Wildman–Crippen MR) is 108 cm³/mol. The molecule has 0 aliphatic rings. The second kappa shape index (κ2) is 9.53. The Morgan fingerprint density at radius 2 is 1.78 bits per heavy atom. The molecule has 1 unspecified atom stereocenters. The van der Waals surface area contributed by atoms with E-state index in [-0.39, 0.29) is 16.8 Å². The molecule has 27 heavy (non-hydrogen) atoms. The zero-order chi connectivity index (χ0) is 19.9. The van der Waals surface area contributed by atoms with Crippen molar-refractivity contribution in [2.45, 2.75) is 44.0 Å². The highest BCUT2D eigenvalue weighted by molar-refractivity contribution is 7.92. The molecule has 0 radical (unpaired) electrons. The van der Waals surface area contributed by atoms with E-state index in [1.165, 1.54) is 24.3 Å². The summed E-state index contributed by atoms with van der Waals surface area (Å²) in [4.78, 5) is 12.4. The largest absolute Gasteiger partial charge is 0.348 e. The number of nitrogens with one attached hydrogen (secondary N) is 2. The van der Waals surface area contributed by atoms with E-state index in [4.69, 9.17) is 5.73 Å². The minimum atomic E-state index is -3.72. The number of nitrogens with two attached hydrogens (primary N) is 1.